The van der Waals surface area contributed by atoms with Crippen LogP contribution in [-0.4, -0.2) is 45.3 Å². The first kappa shape index (κ1) is 23.7. The number of hydrogen-bond donors (Lipinski definition) is 2. The Balaban J connectivity index is 1.68. The molecule has 0 bridgehead atoms. The lowest BCUT2D eigenvalue weighted by Gasteiger charge is -2.27. The zero-order valence-electron chi connectivity index (χ0n) is 19.0. The molecule has 1 aliphatic rings. The molecule has 0 atom stereocenters. The first-order valence-corrected chi connectivity index (χ1v) is 11.4. The van der Waals surface area contributed by atoms with Gasteiger partial charge >= 0.3 is 0 Å². The van der Waals surface area contributed by atoms with Crippen molar-refractivity contribution in [2.75, 3.05) is 49.6 Å². The van der Waals surface area contributed by atoms with Crippen LogP contribution in [0.3, 0.4) is 0 Å². The predicted octanol–water partition coefficient (Wildman–Crippen LogP) is 3.70. The van der Waals surface area contributed by atoms with Crippen molar-refractivity contribution in [3.8, 4) is 0 Å². The highest BCUT2D eigenvalue weighted by atomic mass is 19.1. The molecule has 1 saturated heterocycles. The first-order valence-electron chi connectivity index (χ1n) is 11.4. The molecule has 1 amide bonds. The molecule has 3 aromatic rings. The van der Waals surface area contributed by atoms with Gasteiger partial charge in [-0.15, -0.1) is 0 Å². The molecule has 7 nitrogen and oxygen atoms in total. The summed E-state index contributed by atoms with van der Waals surface area (Å²) in [6.07, 6.45) is 1.14. The minimum Gasteiger partial charge on any atom is -0.440 e. The van der Waals surface area contributed by atoms with Crippen molar-refractivity contribution < 1.29 is 22.7 Å². The fraction of sp³-hybridized carbons (Fsp3) is 0.360. The van der Waals surface area contributed by atoms with E-state index in [4.69, 9.17) is 9.15 Å². The second kappa shape index (κ2) is 10.6. The van der Waals surface area contributed by atoms with E-state index in [1.165, 1.54) is 18.2 Å². The topological polar surface area (TPSA) is 83.8 Å². The van der Waals surface area contributed by atoms with Crippen molar-refractivity contribution >= 4 is 28.4 Å². The normalized spacial score (nSPS) is 13.8. The summed E-state index contributed by atoms with van der Waals surface area (Å²) >= 11 is 0. The van der Waals surface area contributed by atoms with Crippen molar-refractivity contribution in [2.24, 2.45) is 0 Å². The number of morpholine rings is 1. The number of ether oxygens (including phenoxy) is 1. The summed E-state index contributed by atoms with van der Waals surface area (Å²) in [4.78, 5) is 27.6. The molecule has 2 heterocycles. The minimum atomic E-state index is -0.677. The molecule has 1 fully saturated rings. The standard InChI is InChI=1S/C25H27F2N3O4/c1-2-4-29-25(32)17-10-16(3-5-28-20-13-18(26)12-19(27)14-20)24-21(11-17)22(31)15-23(34-24)30-6-8-33-9-7-30/h10-15,28H,2-9H2,1H3,(H,29,32). The van der Waals surface area contributed by atoms with Gasteiger partial charge < -0.3 is 24.7 Å². The average molecular weight is 472 g/mol. The molecule has 34 heavy (non-hydrogen) atoms. The summed E-state index contributed by atoms with van der Waals surface area (Å²) in [7, 11) is 0. The number of fused-ring (bicyclic) bond motifs is 1. The van der Waals surface area contributed by atoms with E-state index in [1.807, 2.05) is 11.8 Å². The minimum absolute atomic E-state index is 0.241. The van der Waals surface area contributed by atoms with Gasteiger partial charge in [-0.2, -0.15) is 0 Å². The lowest BCUT2D eigenvalue weighted by atomic mass is 10.0. The van der Waals surface area contributed by atoms with Gasteiger partial charge in [0, 0.05) is 49.6 Å². The SMILES string of the molecule is CCCNC(=O)c1cc(CCNc2cc(F)cc(F)c2)c2oc(N3CCOCC3)cc(=O)c2c1. The second-order valence-electron chi connectivity index (χ2n) is 8.15. The van der Waals surface area contributed by atoms with E-state index in [1.54, 1.807) is 12.1 Å². The van der Waals surface area contributed by atoms with Crippen LogP contribution in [0, 0.1) is 11.6 Å². The Hall–Kier alpha value is -3.46. The lowest BCUT2D eigenvalue weighted by Crippen LogP contribution is -2.36. The number of carbonyl (C=O) groups excluding carboxylic acids is 1. The number of carbonyl (C=O) groups is 1. The Labute approximate surface area is 195 Å². The summed E-state index contributed by atoms with van der Waals surface area (Å²) in [5.74, 6) is -1.18. The number of benzene rings is 2. The van der Waals surface area contributed by atoms with E-state index < -0.39 is 11.6 Å². The van der Waals surface area contributed by atoms with Gasteiger partial charge in [0.25, 0.3) is 5.91 Å². The highest BCUT2D eigenvalue weighted by molar-refractivity contribution is 5.98. The Morgan fingerprint density at radius 3 is 2.47 bits per heavy atom. The monoisotopic (exact) mass is 471 g/mol. The van der Waals surface area contributed by atoms with Gasteiger partial charge in [0.2, 0.25) is 0 Å². The number of anilines is 2. The van der Waals surface area contributed by atoms with Gasteiger partial charge in [0.15, 0.2) is 11.3 Å². The lowest BCUT2D eigenvalue weighted by molar-refractivity contribution is 0.0953. The quantitative estimate of drug-likeness (QED) is 0.521. The molecule has 1 aromatic heterocycles. The van der Waals surface area contributed by atoms with Crippen LogP contribution < -0.4 is 21.0 Å². The molecule has 0 unspecified atom stereocenters. The Kier molecular flexibility index (Phi) is 7.42. The number of hydrogen-bond acceptors (Lipinski definition) is 6. The zero-order chi connectivity index (χ0) is 24.1. The molecule has 2 aromatic carbocycles. The molecule has 180 valence electrons. The molecule has 4 rings (SSSR count). The van der Waals surface area contributed by atoms with E-state index in [0.29, 0.717) is 79.5 Å². The Bertz CT molecular complexity index is 1220. The zero-order valence-corrected chi connectivity index (χ0v) is 19.0. The van der Waals surface area contributed by atoms with E-state index >= 15 is 0 Å². The van der Waals surface area contributed by atoms with E-state index in [2.05, 4.69) is 10.6 Å². The maximum atomic E-state index is 13.5. The van der Waals surface area contributed by atoms with Crippen LogP contribution in [0.2, 0.25) is 0 Å². The van der Waals surface area contributed by atoms with Crippen molar-refractivity contribution in [3.63, 3.8) is 0 Å². The summed E-state index contributed by atoms with van der Waals surface area (Å²) < 4.78 is 38.6. The van der Waals surface area contributed by atoms with Crippen LogP contribution in [0.5, 0.6) is 0 Å². The molecule has 0 spiro atoms. The van der Waals surface area contributed by atoms with Crippen LogP contribution in [-0.2, 0) is 11.2 Å². The van der Waals surface area contributed by atoms with Gasteiger partial charge in [-0.3, -0.25) is 9.59 Å². The highest BCUT2D eigenvalue weighted by Crippen LogP contribution is 2.25. The van der Waals surface area contributed by atoms with Crippen LogP contribution in [0.25, 0.3) is 11.0 Å². The summed E-state index contributed by atoms with van der Waals surface area (Å²) in [6.45, 7) is 5.07. The molecular formula is C25H27F2N3O4. The second-order valence-corrected chi connectivity index (χ2v) is 8.15. The highest BCUT2D eigenvalue weighted by Gasteiger charge is 2.19. The number of nitrogens with one attached hydrogen (secondary N) is 2. The first-order chi connectivity index (χ1) is 16.4. The molecule has 0 aliphatic carbocycles. The van der Waals surface area contributed by atoms with Gasteiger partial charge in [0.05, 0.1) is 18.6 Å². The molecule has 0 saturated carbocycles. The van der Waals surface area contributed by atoms with Gasteiger partial charge in [-0.05, 0) is 42.7 Å². The van der Waals surface area contributed by atoms with E-state index in [9.17, 15) is 18.4 Å². The van der Waals surface area contributed by atoms with Crippen LogP contribution in [0.4, 0.5) is 20.4 Å². The number of amides is 1. The van der Waals surface area contributed by atoms with Crippen LogP contribution >= 0.6 is 0 Å². The molecule has 1 aliphatic heterocycles. The number of nitrogens with zero attached hydrogens (tertiary/aromatic N) is 1. The third-order valence-electron chi connectivity index (χ3n) is 5.60. The Morgan fingerprint density at radius 2 is 1.76 bits per heavy atom. The summed E-state index contributed by atoms with van der Waals surface area (Å²) in [6, 6.07) is 7.90. The fourth-order valence-corrected chi connectivity index (χ4v) is 3.91. The van der Waals surface area contributed by atoms with Crippen molar-refractivity contribution in [1.82, 2.24) is 5.32 Å². The van der Waals surface area contributed by atoms with Crippen LogP contribution in [0.15, 0.2) is 45.6 Å². The van der Waals surface area contributed by atoms with Gasteiger partial charge in [0.1, 0.15) is 17.2 Å². The van der Waals surface area contributed by atoms with Gasteiger partial charge in [-0.25, -0.2) is 8.78 Å². The van der Waals surface area contributed by atoms with Gasteiger partial charge in [-0.1, -0.05) is 6.92 Å². The van der Waals surface area contributed by atoms with E-state index in [0.717, 1.165) is 12.5 Å². The molecular weight excluding hydrogens is 444 g/mol. The number of rotatable bonds is 8. The largest absolute Gasteiger partial charge is 0.440 e. The van der Waals surface area contributed by atoms with Crippen LogP contribution in [0.1, 0.15) is 29.3 Å². The van der Waals surface area contributed by atoms with Crippen molar-refractivity contribution in [3.05, 3.63) is 69.4 Å². The summed E-state index contributed by atoms with van der Waals surface area (Å²) in [5.41, 5.74) is 1.46. The third kappa shape index (κ3) is 5.53. The third-order valence-corrected chi connectivity index (χ3v) is 5.60. The van der Waals surface area contributed by atoms with Crippen molar-refractivity contribution in [1.29, 1.82) is 0 Å². The Morgan fingerprint density at radius 1 is 1.03 bits per heavy atom. The number of halogens is 2. The fourth-order valence-electron chi connectivity index (χ4n) is 3.91. The molecule has 0 radical (unpaired) electrons. The predicted molar refractivity (Wildman–Crippen MR) is 127 cm³/mol. The summed E-state index contributed by atoms with van der Waals surface area (Å²) in [5, 5.41) is 6.13. The maximum Gasteiger partial charge on any atom is 0.251 e. The molecule has 9 heteroatoms. The van der Waals surface area contributed by atoms with Crippen molar-refractivity contribution in [2.45, 2.75) is 19.8 Å². The van der Waals surface area contributed by atoms with E-state index in [-0.39, 0.29) is 11.3 Å². The average Bonchev–Trinajstić information content (AvgIpc) is 2.82. The maximum absolute atomic E-state index is 13.5. The smallest absolute Gasteiger partial charge is 0.251 e. The molecule has 2 N–H and O–H groups in total.